The van der Waals surface area contributed by atoms with Crippen LogP contribution in [0.4, 0.5) is 0 Å². The smallest absolute Gasteiger partial charge is 0.182 e. The summed E-state index contributed by atoms with van der Waals surface area (Å²) >= 11 is 0. The molecule has 1 aromatic rings. The Kier molecular flexibility index (Phi) is 2.52. The van der Waals surface area contributed by atoms with E-state index in [-0.39, 0.29) is 12.2 Å². The molecule has 5 nitrogen and oxygen atoms in total. The molecule has 2 N–H and O–H groups in total. The highest BCUT2D eigenvalue weighted by atomic mass is 16.5. The highest BCUT2D eigenvalue weighted by molar-refractivity contribution is 5.05. The van der Waals surface area contributed by atoms with Crippen molar-refractivity contribution in [2.24, 2.45) is 0 Å². The molecule has 1 fully saturated rings. The molecule has 1 aliphatic rings. The normalized spacial score (nSPS) is 20.1. The number of nitrogens with one attached hydrogen (secondary N) is 1. The molecule has 2 rings (SSSR count). The maximum Gasteiger partial charge on any atom is 0.182 e. The molecule has 0 atom stereocenters. The Morgan fingerprint density at radius 3 is 2.71 bits per heavy atom. The topological polar surface area (TPSA) is 71.0 Å². The van der Waals surface area contributed by atoms with Crippen molar-refractivity contribution in [2.45, 2.75) is 37.9 Å². The molecule has 1 aliphatic carbocycles. The number of H-pyrrole nitrogens is 1. The number of hydrogen-bond acceptors (Lipinski definition) is 4. The fourth-order valence-corrected chi connectivity index (χ4v) is 2.03. The van der Waals surface area contributed by atoms with E-state index in [0.717, 1.165) is 25.7 Å². The van der Waals surface area contributed by atoms with Crippen LogP contribution in [-0.2, 0) is 16.9 Å². The van der Waals surface area contributed by atoms with Crippen molar-refractivity contribution >= 4 is 0 Å². The van der Waals surface area contributed by atoms with E-state index in [1.165, 1.54) is 0 Å². The summed E-state index contributed by atoms with van der Waals surface area (Å²) in [6, 6.07) is 0. The molecule has 78 valence electrons. The minimum atomic E-state index is -0.316. The van der Waals surface area contributed by atoms with Gasteiger partial charge in [-0.25, -0.2) is 4.98 Å². The van der Waals surface area contributed by atoms with Gasteiger partial charge in [0.15, 0.2) is 5.82 Å². The van der Waals surface area contributed by atoms with Crippen molar-refractivity contribution in [3.63, 3.8) is 0 Å². The lowest BCUT2D eigenvalue weighted by Gasteiger charge is -2.23. The van der Waals surface area contributed by atoms with Crippen LogP contribution in [0, 0.1) is 0 Å². The Morgan fingerprint density at radius 1 is 1.50 bits per heavy atom. The van der Waals surface area contributed by atoms with E-state index in [9.17, 15) is 0 Å². The van der Waals surface area contributed by atoms with E-state index in [1.807, 2.05) is 0 Å². The molecule has 1 aromatic heterocycles. The first-order chi connectivity index (χ1) is 6.80. The average molecular weight is 197 g/mol. The first-order valence-corrected chi connectivity index (χ1v) is 4.88. The van der Waals surface area contributed by atoms with Crippen LogP contribution in [-0.4, -0.2) is 27.4 Å². The number of hydrogen-bond donors (Lipinski definition) is 2. The molecule has 1 saturated carbocycles. The van der Waals surface area contributed by atoms with Crippen molar-refractivity contribution in [2.75, 3.05) is 7.11 Å². The summed E-state index contributed by atoms with van der Waals surface area (Å²) in [4.78, 5) is 4.21. The third kappa shape index (κ3) is 1.42. The number of aromatic amines is 1. The van der Waals surface area contributed by atoms with Gasteiger partial charge in [-0.3, -0.25) is 5.10 Å². The average Bonchev–Trinajstić information content (AvgIpc) is 2.87. The molecule has 5 heteroatoms. The van der Waals surface area contributed by atoms with Crippen molar-refractivity contribution < 1.29 is 9.84 Å². The zero-order chi connectivity index (χ0) is 10.0. The molecule has 0 saturated heterocycles. The second kappa shape index (κ2) is 3.67. The van der Waals surface area contributed by atoms with Crippen molar-refractivity contribution in [1.82, 2.24) is 15.2 Å². The third-order valence-electron chi connectivity index (χ3n) is 2.89. The third-order valence-corrected chi connectivity index (χ3v) is 2.89. The number of aromatic nitrogens is 3. The van der Waals surface area contributed by atoms with Gasteiger partial charge in [-0.15, -0.1) is 0 Å². The molecule has 14 heavy (non-hydrogen) atoms. The van der Waals surface area contributed by atoms with Gasteiger partial charge >= 0.3 is 0 Å². The SMILES string of the molecule is COC1(c2n[nH]c(CO)n2)CCCC1. The minimum absolute atomic E-state index is 0.104. The first kappa shape index (κ1) is 9.61. The van der Waals surface area contributed by atoms with Crippen LogP contribution in [0.5, 0.6) is 0 Å². The summed E-state index contributed by atoms with van der Waals surface area (Å²) in [5.74, 6) is 1.19. The lowest BCUT2D eigenvalue weighted by atomic mass is 10.0. The predicted molar refractivity (Wildman–Crippen MR) is 49.5 cm³/mol. The van der Waals surface area contributed by atoms with E-state index in [0.29, 0.717) is 11.6 Å². The maximum atomic E-state index is 8.88. The molecule has 0 aliphatic heterocycles. The Balaban J connectivity index is 2.26. The number of rotatable bonds is 3. The van der Waals surface area contributed by atoms with Gasteiger partial charge in [0.25, 0.3) is 0 Å². The monoisotopic (exact) mass is 197 g/mol. The zero-order valence-electron chi connectivity index (χ0n) is 8.29. The van der Waals surface area contributed by atoms with Crippen LogP contribution in [0.15, 0.2) is 0 Å². The summed E-state index contributed by atoms with van der Waals surface area (Å²) in [6.45, 7) is -0.104. The van der Waals surface area contributed by atoms with Crippen LogP contribution >= 0.6 is 0 Å². The van der Waals surface area contributed by atoms with Crippen LogP contribution < -0.4 is 0 Å². The molecular formula is C9H15N3O2. The van der Waals surface area contributed by atoms with Crippen molar-refractivity contribution in [3.05, 3.63) is 11.6 Å². The standard InChI is InChI=1S/C9H15N3O2/c1-14-9(4-2-3-5-9)8-10-7(6-13)11-12-8/h13H,2-6H2,1H3,(H,10,11,12). The fraction of sp³-hybridized carbons (Fsp3) is 0.778. The predicted octanol–water partition coefficient (Wildman–Crippen LogP) is 0.713. The van der Waals surface area contributed by atoms with Gasteiger partial charge in [-0.2, -0.15) is 5.10 Å². The Bertz CT molecular complexity index is 305. The second-order valence-electron chi connectivity index (χ2n) is 3.67. The molecule has 0 radical (unpaired) electrons. The lowest BCUT2D eigenvalue weighted by molar-refractivity contribution is -0.0161. The van der Waals surface area contributed by atoms with Gasteiger partial charge in [0.1, 0.15) is 18.0 Å². The molecular weight excluding hydrogens is 182 g/mol. The van der Waals surface area contributed by atoms with E-state index in [1.54, 1.807) is 7.11 Å². The van der Waals surface area contributed by atoms with Crippen LogP contribution in [0.2, 0.25) is 0 Å². The quantitative estimate of drug-likeness (QED) is 0.748. The van der Waals surface area contributed by atoms with E-state index in [2.05, 4.69) is 15.2 Å². The molecule has 0 amide bonds. The highest BCUT2D eigenvalue weighted by Crippen LogP contribution is 2.39. The number of nitrogens with zero attached hydrogens (tertiary/aromatic N) is 2. The lowest BCUT2D eigenvalue weighted by Crippen LogP contribution is -2.26. The number of aliphatic hydroxyl groups is 1. The summed E-state index contributed by atoms with van der Waals surface area (Å²) in [6.07, 6.45) is 4.23. The zero-order valence-corrected chi connectivity index (χ0v) is 8.29. The van der Waals surface area contributed by atoms with E-state index in [4.69, 9.17) is 9.84 Å². The first-order valence-electron chi connectivity index (χ1n) is 4.88. The van der Waals surface area contributed by atoms with Crippen molar-refractivity contribution in [3.8, 4) is 0 Å². The minimum Gasteiger partial charge on any atom is -0.388 e. The number of aliphatic hydroxyl groups excluding tert-OH is 1. The Labute approximate surface area is 82.5 Å². The largest absolute Gasteiger partial charge is 0.388 e. The molecule has 1 heterocycles. The van der Waals surface area contributed by atoms with Crippen LogP contribution in [0.25, 0.3) is 0 Å². The number of methoxy groups -OCH3 is 1. The summed E-state index contributed by atoms with van der Waals surface area (Å²) in [5, 5.41) is 15.7. The number of ether oxygens (including phenoxy) is 1. The maximum absolute atomic E-state index is 8.88. The van der Waals surface area contributed by atoms with Gasteiger partial charge < -0.3 is 9.84 Å². The van der Waals surface area contributed by atoms with E-state index < -0.39 is 0 Å². The van der Waals surface area contributed by atoms with E-state index >= 15 is 0 Å². The van der Waals surface area contributed by atoms with Crippen molar-refractivity contribution in [1.29, 1.82) is 0 Å². The summed E-state index contributed by atoms with van der Waals surface area (Å²) in [5.41, 5.74) is -0.316. The second-order valence-corrected chi connectivity index (χ2v) is 3.67. The van der Waals surface area contributed by atoms with Gasteiger partial charge in [-0.1, -0.05) is 0 Å². The van der Waals surface area contributed by atoms with Gasteiger partial charge in [0.05, 0.1) is 0 Å². The molecule has 0 spiro atoms. The molecule has 0 bridgehead atoms. The van der Waals surface area contributed by atoms with Crippen LogP contribution in [0.1, 0.15) is 37.3 Å². The Hall–Kier alpha value is -0.940. The highest BCUT2D eigenvalue weighted by Gasteiger charge is 2.39. The molecule has 0 unspecified atom stereocenters. The van der Waals surface area contributed by atoms with Gasteiger partial charge in [0, 0.05) is 7.11 Å². The van der Waals surface area contributed by atoms with Crippen LogP contribution in [0.3, 0.4) is 0 Å². The molecule has 0 aromatic carbocycles. The fourth-order valence-electron chi connectivity index (χ4n) is 2.03. The van der Waals surface area contributed by atoms with Gasteiger partial charge in [0.2, 0.25) is 0 Å². The van der Waals surface area contributed by atoms with Gasteiger partial charge in [-0.05, 0) is 25.7 Å². The Morgan fingerprint density at radius 2 is 2.21 bits per heavy atom. The summed E-state index contributed by atoms with van der Waals surface area (Å²) in [7, 11) is 1.69. The summed E-state index contributed by atoms with van der Waals surface area (Å²) < 4.78 is 5.52.